The topological polar surface area (TPSA) is 84.2 Å². The highest BCUT2D eigenvalue weighted by molar-refractivity contribution is 9.10. The first-order valence-electron chi connectivity index (χ1n) is 9.70. The number of aromatic carboxylic acids is 1. The van der Waals surface area contributed by atoms with Crippen LogP contribution in [0, 0.1) is 11.8 Å². The Morgan fingerprint density at radius 3 is 2.62 bits per heavy atom. The molecule has 2 N–H and O–H groups in total. The van der Waals surface area contributed by atoms with Gasteiger partial charge in [-0.1, -0.05) is 26.8 Å². The average molecular weight is 482 g/mol. The molecule has 1 aromatic carbocycles. The Kier molecular flexibility index (Phi) is 8.77. The Morgan fingerprint density at radius 1 is 1.34 bits per heavy atom. The molecule has 8 heteroatoms. The smallest absolute Gasteiger partial charge is 0.336 e. The van der Waals surface area contributed by atoms with Crippen LogP contribution >= 0.6 is 28.6 Å². The molecule has 0 saturated carbocycles. The van der Waals surface area contributed by atoms with E-state index in [0.29, 0.717) is 29.2 Å². The number of carboxylic acids is 1. The van der Waals surface area contributed by atoms with Crippen molar-refractivity contribution >= 4 is 40.4 Å². The predicted molar refractivity (Wildman–Crippen MR) is 120 cm³/mol. The quantitative estimate of drug-likeness (QED) is 0.444. The van der Waals surface area contributed by atoms with E-state index in [2.05, 4.69) is 57.3 Å². The summed E-state index contributed by atoms with van der Waals surface area (Å²) >= 11 is 7.65. The van der Waals surface area contributed by atoms with Crippen molar-refractivity contribution < 1.29 is 14.7 Å². The van der Waals surface area contributed by atoms with E-state index in [4.69, 9.17) is 0 Å². The highest BCUT2D eigenvalue weighted by Gasteiger charge is 2.19. The van der Waals surface area contributed by atoms with E-state index < -0.39 is 5.97 Å². The van der Waals surface area contributed by atoms with Crippen molar-refractivity contribution in [1.82, 2.24) is 14.9 Å². The summed E-state index contributed by atoms with van der Waals surface area (Å²) in [6.45, 7) is 7.17. The number of hydrogen-bond acceptors (Lipinski definition) is 4. The van der Waals surface area contributed by atoms with Crippen molar-refractivity contribution in [2.24, 2.45) is 11.8 Å². The Bertz CT molecular complexity index is 867. The molecule has 1 heterocycles. The molecule has 158 valence electrons. The minimum atomic E-state index is -0.969. The SMILES string of the molecule is CCc1ncc(CNC(=O)[C@H](CS)CC(C)C)n1Cc1ccc(C(=O)O)c(Br)c1. The number of aryl methyl sites for hydroxylation is 1. The van der Waals surface area contributed by atoms with Gasteiger partial charge in [0.25, 0.3) is 0 Å². The highest BCUT2D eigenvalue weighted by atomic mass is 79.9. The number of rotatable bonds is 10. The number of carboxylic acid groups (broad SMARTS) is 1. The lowest BCUT2D eigenvalue weighted by atomic mass is 9.98. The van der Waals surface area contributed by atoms with E-state index in [9.17, 15) is 14.7 Å². The molecule has 1 aromatic heterocycles. The van der Waals surface area contributed by atoms with Crippen LogP contribution in [0.25, 0.3) is 0 Å². The number of nitrogens with zero attached hydrogens (tertiary/aromatic N) is 2. The molecule has 0 aliphatic carbocycles. The maximum absolute atomic E-state index is 12.5. The fraction of sp³-hybridized carbons (Fsp3) is 0.476. The average Bonchev–Trinajstić information content (AvgIpc) is 3.05. The molecule has 1 atom stereocenters. The number of amides is 1. The second-order valence-corrected chi connectivity index (χ2v) is 8.67. The fourth-order valence-corrected chi connectivity index (χ4v) is 4.15. The van der Waals surface area contributed by atoms with Gasteiger partial charge in [-0.25, -0.2) is 9.78 Å². The molecule has 6 nitrogen and oxygen atoms in total. The van der Waals surface area contributed by atoms with E-state index in [1.165, 1.54) is 0 Å². The maximum atomic E-state index is 12.5. The van der Waals surface area contributed by atoms with Gasteiger partial charge in [-0.05, 0) is 46.0 Å². The molecule has 0 unspecified atom stereocenters. The van der Waals surface area contributed by atoms with Gasteiger partial charge in [-0.3, -0.25) is 4.79 Å². The first kappa shape index (κ1) is 23.5. The Morgan fingerprint density at radius 2 is 2.07 bits per heavy atom. The maximum Gasteiger partial charge on any atom is 0.336 e. The van der Waals surface area contributed by atoms with E-state index in [-0.39, 0.29) is 17.4 Å². The van der Waals surface area contributed by atoms with Gasteiger partial charge in [0.05, 0.1) is 24.0 Å². The van der Waals surface area contributed by atoms with Gasteiger partial charge in [0.2, 0.25) is 5.91 Å². The van der Waals surface area contributed by atoms with Crippen LogP contribution in [-0.2, 0) is 24.3 Å². The summed E-state index contributed by atoms with van der Waals surface area (Å²) in [7, 11) is 0. The molecule has 2 rings (SSSR count). The van der Waals surface area contributed by atoms with E-state index in [0.717, 1.165) is 29.9 Å². The normalized spacial score (nSPS) is 12.2. The monoisotopic (exact) mass is 481 g/mol. The van der Waals surface area contributed by atoms with Crippen LogP contribution in [0.5, 0.6) is 0 Å². The third-order valence-electron chi connectivity index (χ3n) is 4.73. The number of nitrogens with one attached hydrogen (secondary N) is 1. The number of halogens is 1. The van der Waals surface area contributed by atoms with Crippen molar-refractivity contribution in [2.75, 3.05) is 5.75 Å². The minimum absolute atomic E-state index is 0.00746. The minimum Gasteiger partial charge on any atom is -0.478 e. The summed E-state index contributed by atoms with van der Waals surface area (Å²) in [5, 5.41) is 12.2. The molecule has 1 amide bonds. The lowest BCUT2D eigenvalue weighted by Crippen LogP contribution is -2.32. The van der Waals surface area contributed by atoms with Gasteiger partial charge in [0.15, 0.2) is 0 Å². The molecule has 0 aliphatic heterocycles. The van der Waals surface area contributed by atoms with Crippen LogP contribution in [0.2, 0.25) is 0 Å². The molecular formula is C21H28BrN3O3S. The number of hydrogen-bond donors (Lipinski definition) is 3. The molecular weight excluding hydrogens is 454 g/mol. The third kappa shape index (κ3) is 6.34. The second kappa shape index (κ2) is 10.8. The van der Waals surface area contributed by atoms with Crippen molar-refractivity contribution in [1.29, 1.82) is 0 Å². The van der Waals surface area contributed by atoms with Crippen molar-refractivity contribution in [2.45, 2.75) is 46.7 Å². The first-order valence-corrected chi connectivity index (χ1v) is 11.1. The third-order valence-corrected chi connectivity index (χ3v) is 5.83. The molecule has 29 heavy (non-hydrogen) atoms. The van der Waals surface area contributed by atoms with Crippen molar-refractivity contribution in [3.8, 4) is 0 Å². The Balaban J connectivity index is 2.16. The summed E-state index contributed by atoms with van der Waals surface area (Å²) in [6, 6.07) is 5.20. The number of benzene rings is 1. The Labute approximate surface area is 185 Å². The van der Waals surface area contributed by atoms with E-state index >= 15 is 0 Å². The van der Waals surface area contributed by atoms with Gasteiger partial charge >= 0.3 is 5.97 Å². The summed E-state index contributed by atoms with van der Waals surface area (Å²) in [5.41, 5.74) is 2.09. The zero-order chi connectivity index (χ0) is 21.6. The zero-order valence-electron chi connectivity index (χ0n) is 17.0. The molecule has 0 saturated heterocycles. The molecule has 0 radical (unpaired) electrons. The van der Waals surface area contributed by atoms with Crippen LogP contribution in [-0.4, -0.2) is 32.3 Å². The standard InChI is InChI=1S/C21H28BrN3O3S/c1-4-19-23-9-16(10-24-20(26)15(12-29)7-13(2)3)25(19)11-14-5-6-17(21(27)28)18(22)8-14/h5-6,8-9,13,15,29H,4,7,10-12H2,1-3H3,(H,24,26)(H,27,28)/t15-/m0/s1. The van der Waals surface area contributed by atoms with E-state index in [1.807, 2.05) is 13.0 Å². The van der Waals surface area contributed by atoms with Crippen LogP contribution in [0.15, 0.2) is 28.9 Å². The molecule has 0 fully saturated rings. The number of aromatic nitrogens is 2. The van der Waals surface area contributed by atoms with Crippen molar-refractivity contribution in [3.05, 3.63) is 51.5 Å². The van der Waals surface area contributed by atoms with Crippen LogP contribution in [0.4, 0.5) is 0 Å². The van der Waals surface area contributed by atoms with Crippen LogP contribution < -0.4 is 5.32 Å². The first-order chi connectivity index (χ1) is 13.8. The lowest BCUT2D eigenvalue weighted by Gasteiger charge is -2.17. The fourth-order valence-electron chi connectivity index (χ4n) is 3.24. The molecule has 0 bridgehead atoms. The largest absolute Gasteiger partial charge is 0.478 e. The van der Waals surface area contributed by atoms with Gasteiger partial charge in [-0.15, -0.1) is 0 Å². The zero-order valence-corrected chi connectivity index (χ0v) is 19.5. The van der Waals surface area contributed by atoms with Gasteiger partial charge < -0.3 is 15.0 Å². The van der Waals surface area contributed by atoms with Crippen LogP contribution in [0.3, 0.4) is 0 Å². The molecule has 2 aromatic rings. The molecule has 0 aliphatic rings. The number of carbonyl (C=O) groups excluding carboxylic acids is 1. The molecule has 0 spiro atoms. The summed E-state index contributed by atoms with van der Waals surface area (Å²) in [6.07, 6.45) is 3.35. The summed E-state index contributed by atoms with van der Waals surface area (Å²) < 4.78 is 2.61. The van der Waals surface area contributed by atoms with Crippen LogP contribution in [0.1, 0.15) is 54.6 Å². The second-order valence-electron chi connectivity index (χ2n) is 7.45. The Hall–Kier alpha value is -1.80. The van der Waals surface area contributed by atoms with E-state index in [1.54, 1.807) is 18.3 Å². The number of thiol groups is 1. The van der Waals surface area contributed by atoms with Gasteiger partial charge in [-0.2, -0.15) is 12.6 Å². The predicted octanol–water partition coefficient (Wildman–Crippen LogP) is 4.16. The van der Waals surface area contributed by atoms with Gasteiger partial charge in [0.1, 0.15) is 5.82 Å². The van der Waals surface area contributed by atoms with Gasteiger partial charge in [0, 0.05) is 29.1 Å². The number of carbonyl (C=O) groups is 2. The lowest BCUT2D eigenvalue weighted by molar-refractivity contribution is -0.124. The summed E-state index contributed by atoms with van der Waals surface area (Å²) in [5.74, 6) is 0.799. The number of imidazole rings is 1. The van der Waals surface area contributed by atoms with Crippen molar-refractivity contribution in [3.63, 3.8) is 0 Å². The highest BCUT2D eigenvalue weighted by Crippen LogP contribution is 2.21. The summed E-state index contributed by atoms with van der Waals surface area (Å²) in [4.78, 5) is 28.2.